The Morgan fingerprint density at radius 2 is 1.93 bits per heavy atom. The van der Waals surface area contributed by atoms with E-state index < -0.39 is 0 Å². The fourth-order valence-electron chi connectivity index (χ4n) is 1.77. The Bertz CT molecular complexity index is 220. The molecule has 0 aromatic rings. The van der Waals surface area contributed by atoms with Gasteiger partial charge in [-0.3, -0.25) is 0 Å². The van der Waals surface area contributed by atoms with Crippen LogP contribution in [0.4, 0.5) is 4.79 Å². The third kappa shape index (κ3) is 2.63. The van der Waals surface area contributed by atoms with Crippen LogP contribution in [0.3, 0.4) is 0 Å². The summed E-state index contributed by atoms with van der Waals surface area (Å²) in [5.74, 6) is 0.626. The summed E-state index contributed by atoms with van der Waals surface area (Å²) in [6.07, 6.45) is 1.12. The van der Waals surface area contributed by atoms with Crippen molar-refractivity contribution in [3.8, 4) is 0 Å². The van der Waals surface area contributed by atoms with Gasteiger partial charge in [-0.1, -0.05) is 6.92 Å². The average molecular weight is 198 g/mol. The largest absolute Gasteiger partial charge is 0.333 e. The minimum Gasteiger partial charge on any atom is -0.333 e. The topological polar surface area (TPSA) is 32.3 Å². The fraction of sp³-hybridized carbons (Fsp3) is 0.909. The lowest BCUT2D eigenvalue weighted by molar-refractivity contribution is 0.182. The van der Waals surface area contributed by atoms with E-state index >= 15 is 0 Å². The van der Waals surface area contributed by atoms with Gasteiger partial charge < -0.3 is 10.2 Å². The van der Waals surface area contributed by atoms with Crippen LogP contribution in [0.2, 0.25) is 0 Å². The van der Waals surface area contributed by atoms with Crippen LogP contribution in [0, 0.1) is 5.92 Å². The van der Waals surface area contributed by atoms with E-state index in [4.69, 9.17) is 0 Å². The Morgan fingerprint density at radius 1 is 1.36 bits per heavy atom. The highest BCUT2D eigenvalue weighted by molar-refractivity contribution is 5.75. The second kappa shape index (κ2) is 3.79. The van der Waals surface area contributed by atoms with Crippen LogP contribution in [0.1, 0.15) is 41.0 Å². The molecule has 0 aromatic carbocycles. The number of urea groups is 1. The van der Waals surface area contributed by atoms with E-state index in [1.807, 2.05) is 25.7 Å². The number of nitrogens with one attached hydrogen (secondary N) is 1. The number of hydrogen-bond donors (Lipinski definition) is 1. The molecule has 1 fully saturated rings. The Kier molecular flexibility index (Phi) is 3.07. The van der Waals surface area contributed by atoms with Crippen molar-refractivity contribution in [3.63, 3.8) is 0 Å². The monoisotopic (exact) mass is 198 g/mol. The molecule has 0 aromatic heterocycles. The van der Waals surface area contributed by atoms with Crippen molar-refractivity contribution in [2.24, 2.45) is 5.92 Å². The number of likely N-dealkylation sites (tertiary alicyclic amines) is 1. The first-order valence-electron chi connectivity index (χ1n) is 5.40. The van der Waals surface area contributed by atoms with E-state index in [-0.39, 0.29) is 11.6 Å². The summed E-state index contributed by atoms with van der Waals surface area (Å²) in [5, 5.41) is 3.00. The van der Waals surface area contributed by atoms with Crippen molar-refractivity contribution < 1.29 is 4.79 Å². The van der Waals surface area contributed by atoms with Crippen molar-refractivity contribution in [3.05, 3.63) is 0 Å². The van der Waals surface area contributed by atoms with Crippen LogP contribution >= 0.6 is 0 Å². The van der Waals surface area contributed by atoms with Crippen molar-refractivity contribution in [1.29, 1.82) is 0 Å². The first-order chi connectivity index (χ1) is 6.31. The van der Waals surface area contributed by atoms with Gasteiger partial charge in [-0.2, -0.15) is 0 Å². The number of carbonyl (C=O) groups excluding carboxylic acids is 1. The molecule has 3 heteroatoms. The molecule has 2 atom stereocenters. The highest BCUT2D eigenvalue weighted by Crippen LogP contribution is 2.23. The standard InChI is InChI=1S/C11H22N2O/c1-8-6-7-13(9(8)2)10(14)12-11(3,4)5/h8-9H,6-7H2,1-5H3,(H,12,14). The summed E-state index contributed by atoms with van der Waals surface area (Å²) >= 11 is 0. The van der Waals surface area contributed by atoms with Gasteiger partial charge in [-0.05, 0) is 40.0 Å². The summed E-state index contributed by atoms with van der Waals surface area (Å²) in [7, 11) is 0. The Hall–Kier alpha value is -0.730. The summed E-state index contributed by atoms with van der Waals surface area (Å²) in [5.41, 5.74) is -0.136. The Balaban J connectivity index is 2.54. The molecule has 82 valence electrons. The zero-order valence-electron chi connectivity index (χ0n) is 9.92. The molecule has 14 heavy (non-hydrogen) atoms. The molecule has 1 aliphatic heterocycles. The molecule has 0 spiro atoms. The molecular formula is C11H22N2O. The number of rotatable bonds is 0. The van der Waals surface area contributed by atoms with Gasteiger partial charge in [0.2, 0.25) is 0 Å². The summed E-state index contributed by atoms with van der Waals surface area (Å²) < 4.78 is 0. The number of nitrogens with zero attached hydrogens (tertiary/aromatic N) is 1. The molecule has 0 saturated carbocycles. The maximum absolute atomic E-state index is 11.8. The maximum Gasteiger partial charge on any atom is 0.318 e. The third-order valence-corrected chi connectivity index (χ3v) is 2.88. The Morgan fingerprint density at radius 3 is 2.29 bits per heavy atom. The van der Waals surface area contributed by atoms with E-state index in [0.29, 0.717) is 12.0 Å². The van der Waals surface area contributed by atoms with Gasteiger partial charge in [0.1, 0.15) is 0 Å². The molecule has 1 heterocycles. The summed E-state index contributed by atoms with van der Waals surface area (Å²) in [6, 6.07) is 0.451. The van der Waals surface area contributed by atoms with Crippen molar-refractivity contribution in [1.82, 2.24) is 10.2 Å². The molecule has 1 aliphatic rings. The van der Waals surface area contributed by atoms with Crippen molar-refractivity contribution in [2.75, 3.05) is 6.54 Å². The van der Waals surface area contributed by atoms with Crippen LogP contribution in [0.5, 0.6) is 0 Å². The molecule has 2 amide bonds. The molecule has 3 nitrogen and oxygen atoms in total. The van der Waals surface area contributed by atoms with Crippen LogP contribution in [-0.2, 0) is 0 Å². The first kappa shape index (κ1) is 11.3. The number of carbonyl (C=O) groups is 1. The molecule has 0 aliphatic carbocycles. The van der Waals surface area contributed by atoms with Crippen LogP contribution in [-0.4, -0.2) is 29.1 Å². The highest BCUT2D eigenvalue weighted by atomic mass is 16.2. The Labute approximate surface area is 86.9 Å². The summed E-state index contributed by atoms with van der Waals surface area (Å²) in [6.45, 7) is 11.2. The van der Waals surface area contributed by atoms with E-state index in [1.165, 1.54) is 0 Å². The average Bonchev–Trinajstić information content (AvgIpc) is 2.29. The number of hydrogen-bond acceptors (Lipinski definition) is 1. The second-order valence-corrected chi connectivity index (χ2v) is 5.38. The maximum atomic E-state index is 11.8. The quantitative estimate of drug-likeness (QED) is 0.636. The molecular weight excluding hydrogens is 176 g/mol. The van der Waals surface area contributed by atoms with Gasteiger partial charge in [0.15, 0.2) is 0 Å². The zero-order chi connectivity index (χ0) is 10.9. The minimum atomic E-state index is -0.136. The minimum absolute atomic E-state index is 0.0781. The predicted octanol–water partition coefficient (Wildman–Crippen LogP) is 2.22. The number of amides is 2. The fourth-order valence-corrected chi connectivity index (χ4v) is 1.77. The zero-order valence-corrected chi connectivity index (χ0v) is 9.92. The smallest absolute Gasteiger partial charge is 0.318 e. The van der Waals surface area contributed by atoms with E-state index in [2.05, 4.69) is 19.2 Å². The van der Waals surface area contributed by atoms with Gasteiger partial charge in [0, 0.05) is 18.1 Å². The molecule has 1 saturated heterocycles. The van der Waals surface area contributed by atoms with E-state index in [9.17, 15) is 4.79 Å². The highest BCUT2D eigenvalue weighted by Gasteiger charge is 2.32. The van der Waals surface area contributed by atoms with Crippen LogP contribution < -0.4 is 5.32 Å². The van der Waals surface area contributed by atoms with Gasteiger partial charge in [-0.25, -0.2) is 4.79 Å². The van der Waals surface area contributed by atoms with Gasteiger partial charge in [0.05, 0.1) is 0 Å². The van der Waals surface area contributed by atoms with Crippen LogP contribution in [0.25, 0.3) is 0 Å². The van der Waals surface area contributed by atoms with Crippen molar-refractivity contribution >= 4 is 6.03 Å². The predicted molar refractivity (Wildman–Crippen MR) is 58.2 cm³/mol. The van der Waals surface area contributed by atoms with Gasteiger partial charge in [0.25, 0.3) is 0 Å². The molecule has 0 bridgehead atoms. The lowest BCUT2D eigenvalue weighted by Crippen LogP contribution is -2.49. The molecule has 0 radical (unpaired) electrons. The van der Waals surface area contributed by atoms with Gasteiger partial charge in [-0.15, -0.1) is 0 Å². The van der Waals surface area contributed by atoms with E-state index in [0.717, 1.165) is 13.0 Å². The summed E-state index contributed by atoms with van der Waals surface area (Å²) in [4.78, 5) is 13.8. The second-order valence-electron chi connectivity index (χ2n) is 5.38. The normalized spacial score (nSPS) is 27.9. The van der Waals surface area contributed by atoms with Crippen LogP contribution in [0.15, 0.2) is 0 Å². The lowest BCUT2D eigenvalue weighted by Gasteiger charge is -2.28. The lowest BCUT2D eigenvalue weighted by atomic mass is 10.1. The molecule has 2 unspecified atom stereocenters. The SMILES string of the molecule is CC1CCN(C(=O)NC(C)(C)C)C1C. The van der Waals surface area contributed by atoms with E-state index in [1.54, 1.807) is 0 Å². The molecule has 1 rings (SSSR count). The molecule has 1 N–H and O–H groups in total. The first-order valence-corrected chi connectivity index (χ1v) is 5.40. The van der Waals surface area contributed by atoms with Gasteiger partial charge >= 0.3 is 6.03 Å². The van der Waals surface area contributed by atoms with Crippen molar-refractivity contribution in [2.45, 2.75) is 52.6 Å². The third-order valence-electron chi connectivity index (χ3n) is 2.88.